The number of thiocarbonyl (C=S) groups is 1. The van der Waals surface area contributed by atoms with Crippen molar-refractivity contribution in [3.63, 3.8) is 0 Å². The molecule has 0 saturated heterocycles. The molecule has 0 bridgehead atoms. The highest BCUT2D eigenvalue weighted by Crippen LogP contribution is 2.27. The molecule has 0 saturated carbocycles. The lowest BCUT2D eigenvalue weighted by Gasteiger charge is -2.12. The highest BCUT2D eigenvalue weighted by Gasteiger charge is 2.07. The number of hydroxylamine groups is 1. The Labute approximate surface area is 148 Å². The van der Waals surface area contributed by atoms with Gasteiger partial charge in [-0.15, -0.1) is 0 Å². The molecule has 24 heavy (non-hydrogen) atoms. The van der Waals surface area contributed by atoms with Crippen molar-refractivity contribution in [2.45, 2.75) is 26.3 Å². The van der Waals surface area contributed by atoms with Gasteiger partial charge in [-0.2, -0.15) is 5.48 Å². The Bertz CT molecular complexity index is 672. The summed E-state index contributed by atoms with van der Waals surface area (Å²) in [6.45, 7) is 3.83. The molecule has 0 amide bonds. The van der Waals surface area contributed by atoms with E-state index < -0.39 is 0 Å². The fourth-order valence-electron chi connectivity index (χ4n) is 2.36. The maximum absolute atomic E-state index is 5.42. The molecule has 0 aliphatic carbocycles. The minimum atomic E-state index is 0.651. The topological polar surface area (TPSA) is 60.3 Å². The molecule has 0 unspecified atom stereocenters. The largest absolute Gasteiger partial charge is 0.493 e. The van der Waals surface area contributed by atoms with E-state index in [2.05, 4.69) is 27.3 Å². The number of nitrogens with zero attached hydrogens (tertiary/aromatic N) is 2. The predicted octanol–water partition coefficient (Wildman–Crippen LogP) is 2.26. The second-order valence-corrected chi connectivity index (χ2v) is 5.89. The van der Waals surface area contributed by atoms with E-state index in [0.29, 0.717) is 17.9 Å². The molecule has 1 aromatic heterocycles. The maximum atomic E-state index is 5.42. The minimum absolute atomic E-state index is 0.651. The van der Waals surface area contributed by atoms with Crippen LogP contribution in [0.25, 0.3) is 0 Å². The molecule has 2 aromatic rings. The fourth-order valence-corrected chi connectivity index (χ4v) is 2.63. The Morgan fingerprint density at radius 3 is 2.83 bits per heavy atom. The van der Waals surface area contributed by atoms with Crippen molar-refractivity contribution >= 4 is 17.2 Å². The van der Waals surface area contributed by atoms with Gasteiger partial charge in [-0.05, 0) is 31.0 Å². The van der Waals surface area contributed by atoms with Crippen molar-refractivity contribution in [2.75, 3.05) is 20.7 Å². The Morgan fingerprint density at radius 1 is 1.33 bits per heavy atom. The standard InChI is InChI=1S/C17H24N4O2S/c1-13-11-19-12-21(13)8-4-7-20-17(24)10-14-5-6-15(23-18-2)16(9-14)22-3/h5-6,9,11-12,18H,4,7-8,10H2,1-3H3,(H,20,24). The van der Waals surface area contributed by atoms with Gasteiger partial charge in [-0.3, -0.25) is 0 Å². The number of hydrogen-bond acceptors (Lipinski definition) is 5. The number of nitrogens with one attached hydrogen (secondary N) is 2. The minimum Gasteiger partial charge on any atom is -0.493 e. The summed E-state index contributed by atoms with van der Waals surface area (Å²) in [5.41, 5.74) is 4.90. The van der Waals surface area contributed by atoms with Crippen LogP contribution in [0.2, 0.25) is 0 Å². The molecule has 130 valence electrons. The van der Waals surface area contributed by atoms with E-state index in [1.165, 1.54) is 5.69 Å². The van der Waals surface area contributed by atoms with Crippen molar-refractivity contribution in [3.8, 4) is 11.5 Å². The van der Waals surface area contributed by atoms with Crippen LogP contribution in [0.15, 0.2) is 30.7 Å². The van der Waals surface area contributed by atoms with Gasteiger partial charge in [0.05, 0.1) is 18.4 Å². The first-order valence-corrected chi connectivity index (χ1v) is 8.28. The number of methoxy groups -OCH3 is 1. The summed E-state index contributed by atoms with van der Waals surface area (Å²) in [4.78, 5) is 10.2. The van der Waals surface area contributed by atoms with Crippen molar-refractivity contribution in [2.24, 2.45) is 0 Å². The molecular formula is C17H24N4O2S. The van der Waals surface area contributed by atoms with E-state index >= 15 is 0 Å². The average Bonchev–Trinajstić information content (AvgIpc) is 2.98. The van der Waals surface area contributed by atoms with Crippen LogP contribution in [-0.4, -0.2) is 35.2 Å². The zero-order valence-corrected chi connectivity index (χ0v) is 15.2. The summed E-state index contributed by atoms with van der Waals surface area (Å²) in [5, 5.41) is 3.30. The predicted molar refractivity (Wildman–Crippen MR) is 98.6 cm³/mol. The summed E-state index contributed by atoms with van der Waals surface area (Å²) >= 11 is 5.42. The monoisotopic (exact) mass is 348 g/mol. The first kappa shape index (κ1) is 18.2. The van der Waals surface area contributed by atoms with Crippen molar-refractivity contribution < 1.29 is 9.57 Å². The molecule has 0 spiro atoms. The first-order chi connectivity index (χ1) is 11.6. The molecule has 6 nitrogen and oxygen atoms in total. The number of aromatic nitrogens is 2. The Balaban J connectivity index is 1.78. The van der Waals surface area contributed by atoms with Gasteiger partial charge in [-0.25, -0.2) is 4.98 Å². The fraction of sp³-hybridized carbons (Fsp3) is 0.412. The van der Waals surface area contributed by atoms with E-state index in [1.54, 1.807) is 14.2 Å². The van der Waals surface area contributed by atoms with Crippen molar-refractivity contribution in [1.29, 1.82) is 0 Å². The molecule has 2 N–H and O–H groups in total. The maximum Gasteiger partial charge on any atom is 0.188 e. The smallest absolute Gasteiger partial charge is 0.188 e. The van der Waals surface area contributed by atoms with Crippen LogP contribution in [0.3, 0.4) is 0 Å². The van der Waals surface area contributed by atoms with Crippen molar-refractivity contribution in [1.82, 2.24) is 20.3 Å². The van der Waals surface area contributed by atoms with Crippen LogP contribution in [0.1, 0.15) is 17.7 Å². The summed E-state index contributed by atoms with van der Waals surface area (Å²) in [6, 6.07) is 5.79. The van der Waals surface area contributed by atoms with Crippen LogP contribution in [0.4, 0.5) is 0 Å². The molecule has 0 aliphatic rings. The quantitative estimate of drug-likeness (QED) is 0.412. The highest BCUT2D eigenvalue weighted by molar-refractivity contribution is 7.80. The Hall–Kier alpha value is -2.12. The average molecular weight is 348 g/mol. The third-order valence-electron chi connectivity index (χ3n) is 3.62. The zero-order chi connectivity index (χ0) is 17.4. The Kier molecular flexibility index (Phi) is 7.02. The molecular weight excluding hydrogens is 324 g/mol. The van der Waals surface area contributed by atoms with Gasteiger partial charge in [0, 0.05) is 38.4 Å². The number of aryl methyl sites for hydroxylation is 2. The van der Waals surface area contributed by atoms with E-state index in [9.17, 15) is 0 Å². The number of hydrogen-bond donors (Lipinski definition) is 2. The number of imidazole rings is 1. The number of ether oxygens (including phenoxy) is 1. The summed E-state index contributed by atoms with van der Waals surface area (Å²) in [7, 11) is 3.33. The zero-order valence-electron chi connectivity index (χ0n) is 14.3. The van der Waals surface area contributed by atoms with Crippen LogP contribution in [0, 0.1) is 6.92 Å². The van der Waals surface area contributed by atoms with Crippen LogP contribution < -0.4 is 20.4 Å². The van der Waals surface area contributed by atoms with Crippen molar-refractivity contribution in [3.05, 3.63) is 42.0 Å². The van der Waals surface area contributed by atoms with Gasteiger partial charge < -0.3 is 19.5 Å². The summed E-state index contributed by atoms with van der Waals surface area (Å²) in [6.07, 6.45) is 5.40. The van der Waals surface area contributed by atoms with Gasteiger partial charge >= 0.3 is 0 Å². The lowest BCUT2D eigenvalue weighted by atomic mass is 10.1. The second-order valence-electron chi connectivity index (χ2n) is 5.40. The SMILES string of the molecule is CNOc1ccc(CC(=S)NCCCn2cncc2C)cc1OC. The van der Waals surface area contributed by atoms with Crippen LogP contribution in [0.5, 0.6) is 11.5 Å². The molecule has 7 heteroatoms. The van der Waals surface area contributed by atoms with E-state index in [4.69, 9.17) is 21.8 Å². The Morgan fingerprint density at radius 2 is 2.17 bits per heavy atom. The van der Waals surface area contributed by atoms with Gasteiger partial charge in [0.2, 0.25) is 0 Å². The van der Waals surface area contributed by atoms with Gasteiger partial charge in [0.25, 0.3) is 0 Å². The molecule has 0 radical (unpaired) electrons. The van der Waals surface area contributed by atoms with E-state index in [0.717, 1.165) is 30.1 Å². The summed E-state index contributed by atoms with van der Waals surface area (Å²) in [5.74, 6) is 1.33. The summed E-state index contributed by atoms with van der Waals surface area (Å²) < 4.78 is 7.47. The van der Waals surface area contributed by atoms with Crippen LogP contribution in [-0.2, 0) is 13.0 Å². The van der Waals surface area contributed by atoms with Gasteiger partial charge in [0.1, 0.15) is 0 Å². The lowest BCUT2D eigenvalue weighted by molar-refractivity contribution is 0.212. The van der Waals surface area contributed by atoms with Gasteiger partial charge in [-0.1, -0.05) is 18.3 Å². The van der Waals surface area contributed by atoms with E-state index in [1.807, 2.05) is 30.7 Å². The molecule has 0 fully saturated rings. The number of benzene rings is 1. The second kappa shape index (κ2) is 9.24. The van der Waals surface area contributed by atoms with Gasteiger partial charge in [0.15, 0.2) is 11.5 Å². The molecule has 1 heterocycles. The molecule has 0 aliphatic heterocycles. The van der Waals surface area contributed by atoms with Crippen LogP contribution >= 0.6 is 12.2 Å². The lowest BCUT2D eigenvalue weighted by Crippen LogP contribution is -2.25. The van der Waals surface area contributed by atoms with E-state index in [-0.39, 0.29) is 0 Å². The number of rotatable bonds is 9. The third-order valence-corrected chi connectivity index (χ3v) is 3.91. The molecule has 1 aromatic carbocycles. The normalized spacial score (nSPS) is 10.5. The molecule has 0 atom stereocenters. The highest BCUT2D eigenvalue weighted by atomic mass is 32.1. The first-order valence-electron chi connectivity index (χ1n) is 7.88. The molecule has 2 rings (SSSR count). The third kappa shape index (κ3) is 5.21.